The van der Waals surface area contributed by atoms with Crippen LogP contribution >= 0.6 is 0 Å². The van der Waals surface area contributed by atoms with Crippen molar-refractivity contribution in [2.24, 2.45) is 0 Å². The summed E-state index contributed by atoms with van der Waals surface area (Å²) in [7, 11) is 0. The van der Waals surface area contributed by atoms with Crippen LogP contribution in [0.2, 0.25) is 0 Å². The van der Waals surface area contributed by atoms with Crippen molar-refractivity contribution >= 4 is 5.78 Å². The van der Waals surface area contributed by atoms with Crippen molar-refractivity contribution in [2.75, 3.05) is 13.1 Å². The third-order valence-electron chi connectivity index (χ3n) is 3.00. The van der Waals surface area contributed by atoms with Gasteiger partial charge in [0.25, 0.3) is 0 Å². The lowest BCUT2D eigenvalue weighted by atomic mass is 10.2. The van der Waals surface area contributed by atoms with Gasteiger partial charge in [0.05, 0.1) is 12.8 Å². The molecule has 88 valence electrons. The van der Waals surface area contributed by atoms with Crippen LogP contribution in [0.5, 0.6) is 0 Å². The van der Waals surface area contributed by atoms with Gasteiger partial charge in [-0.15, -0.1) is 0 Å². The summed E-state index contributed by atoms with van der Waals surface area (Å²) in [5.41, 5.74) is 0. The van der Waals surface area contributed by atoms with E-state index in [9.17, 15) is 4.79 Å². The van der Waals surface area contributed by atoms with E-state index in [0.717, 1.165) is 6.54 Å². The molecule has 16 heavy (non-hydrogen) atoms. The normalized spacial score (nSPS) is 15.6. The molecule has 3 nitrogen and oxygen atoms in total. The summed E-state index contributed by atoms with van der Waals surface area (Å²) < 4.78 is 5.12. The minimum Gasteiger partial charge on any atom is -0.461 e. The standard InChI is InChI=1S/C13H19NO2/c1-2-3-8-14(11-6-7-11)10-12(15)13-5-4-9-16-13/h4-5,9,11H,2-3,6-8,10H2,1H3. The summed E-state index contributed by atoms with van der Waals surface area (Å²) in [5, 5.41) is 0. The lowest BCUT2D eigenvalue weighted by Gasteiger charge is -2.20. The molecule has 1 aliphatic rings. The van der Waals surface area contributed by atoms with E-state index in [1.807, 2.05) is 0 Å². The lowest BCUT2D eigenvalue weighted by Crippen LogP contribution is -2.32. The molecule has 0 atom stereocenters. The number of Topliss-reactive ketones (excluding diaryl/α,β-unsaturated/α-hetero) is 1. The van der Waals surface area contributed by atoms with Crippen molar-refractivity contribution < 1.29 is 9.21 Å². The maximum absolute atomic E-state index is 11.9. The van der Waals surface area contributed by atoms with E-state index in [0.29, 0.717) is 18.3 Å². The van der Waals surface area contributed by atoms with E-state index < -0.39 is 0 Å². The summed E-state index contributed by atoms with van der Waals surface area (Å²) in [6, 6.07) is 4.15. The second-order valence-corrected chi connectivity index (χ2v) is 4.46. The number of nitrogens with zero attached hydrogens (tertiary/aromatic N) is 1. The number of hydrogen-bond donors (Lipinski definition) is 0. The quantitative estimate of drug-likeness (QED) is 0.664. The number of unbranched alkanes of at least 4 members (excludes halogenated alkanes) is 1. The van der Waals surface area contributed by atoms with Gasteiger partial charge < -0.3 is 4.42 Å². The van der Waals surface area contributed by atoms with Gasteiger partial charge >= 0.3 is 0 Å². The molecule has 1 aliphatic carbocycles. The van der Waals surface area contributed by atoms with E-state index >= 15 is 0 Å². The van der Waals surface area contributed by atoms with Crippen LogP contribution in [-0.2, 0) is 0 Å². The Morgan fingerprint density at radius 3 is 2.94 bits per heavy atom. The summed E-state index contributed by atoms with van der Waals surface area (Å²) in [4.78, 5) is 14.2. The number of carbonyl (C=O) groups excluding carboxylic acids is 1. The predicted octanol–water partition coefficient (Wildman–Crippen LogP) is 2.73. The number of rotatable bonds is 7. The number of ketones is 1. The van der Waals surface area contributed by atoms with Crippen LogP contribution in [0, 0.1) is 0 Å². The molecule has 1 fully saturated rings. The van der Waals surface area contributed by atoms with Gasteiger partial charge in [0.15, 0.2) is 5.76 Å². The number of carbonyl (C=O) groups is 1. The van der Waals surface area contributed by atoms with E-state index in [4.69, 9.17) is 4.42 Å². The average Bonchev–Trinajstić information content (AvgIpc) is 2.98. The Kier molecular flexibility index (Phi) is 3.78. The summed E-state index contributed by atoms with van der Waals surface area (Å²) in [6.07, 6.45) is 6.39. The van der Waals surface area contributed by atoms with Gasteiger partial charge in [0, 0.05) is 6.04 Å². The molecule has 0 saturated heterocycles. The van der Waals surface area contributed by atoms with Gasteiger partial charge in [0.2, 0.25) is 5.78 Å². The first-order valence-corrected chi connectivity index (χ1v) is 6.12. The zero-order valence-corrected chi connectivity index (χ0v) is 9.82. The zero-order chi connectivity index (χ0) is 11.4. The van der Waals surface area contributed by atoms with E-state index in [1.54, 1.807) is 18.4 Å². The molecule has 0 bridgehead atoms. The summed E-state index contributed by atoms with van der Waals surface area (Å²) in [5.74, 6) is 0.593. The predicted molar refractivity (Wildman–Crippen MR) is 62.5 cm³/mol. The smallest absolute Gasteiger partial charge is 0.211 e. The first-order chi connectivity index (χ1) is 7.81. The van der Waals surface area contributed by atoms with Crippen LogP contribution in [0.1, 0.15) is 43.2 Å². The molecule has 0 spiro atoms. The Labute approximate surface area is 96.4 Å². The highest BCUT2D eigenvalue weighted by molar-refractivity contribution is 5.95. The van der Waals surface area contributed by atoms with Crippen molar-refractivity contribution in [3.05, 3.63) is 24.2 Å². The second kappa shape index (κ2) is 5.30. The first kappa shape index (κ1) is 11.4. The molecule has 0 unspecified atom stereocenters. The molecule has 1 aromatic rings. The Morgan fingerprint density at radius 2 is 2.38 bits per heavy atom. The molecule has 1 aromatic heterocycles. The molecule has 0 amide bonds. The van der Waals surface area contributed by atoms with Crippen LogP contribution in [0.3, 0.4) is 0 Å². The molecular weight excluding hydrogens is 202 g/mol. The van der Waals surface area contributed by atoms with Crippen molar-refractivity contribution in [3.8, 4) is 0 Å². The van der Waals surface area contributed by atoms with Gasteiger partial charge in [-0.2, -0.15) is 0 Å². The van der Waals surface area contributed by atoms with Crippen LogP contribution in [0.4, 0.5) is 0 Å². The fourth-order valence-electron chi connectivity index (χ4n) is 1.89. The second-order valence-electron chi connectivity index (χ2n) is 4.46. The highest BCUT2D eigenvalue weighted by atomic mass is 16.3. The van der Waals surface area contributed by atoms with Crippen molar-refractivity contribution in [1.82, 2.24) is 4.90 Å². The maximum Gasteiger partial charge on any atom is 0.211 e. The fraction of sp³-hybridized carbons (Fsp3) is 0.615. The topological polar surface area (TPSA) is 33.5 Å². The maximum atomic E-state index is 11.9. The van der Waals surface area contributed by atoms with Gasteiger partial charge in [-0.05, 0) is 37.9 Å². The third-order valence-corrected chi connectivity index (χ3v) is 3.00. The molecule has 1 saturated carbocycles. The number of hydrogen-bond acceptors (Lipinski definition) is 3. The highest BCUT2D eigenvalue weighted by Gasteiger charge is 2.30. The summed E-state index contributed by atoms with van der Waals surface area (Å²) >= 11 is 0. The largest absolute Gasteiger partial charge is 0.461 e. The molecule has 0 radical (unpaired) electrons. The summed E-state index contributed by atoms with van der Waals surface area (Å²) in [6.45, 7) is 3.73. The monoisotopic (exact) mass is 221 g/mol. The van der Waals surface area contributed by atoms with Gasteiger partial charge in [-0.1, -0.05) is 13.3 Å². The fourth-order valence-corrected chi connectivity index (χ4v) is 1.89. The van der Waals surface area contributed by atoms with Gasteiger partial charge in [-0.3, -0.25) is 9.69 Å². The first-order valence-electron chi connectivity index (χ1n) is 6.12. The molecule has 0 aromatic carbocycles. The Bertz CT molecular complexity index is 328. The lowest BCUT2D eigenvalue weighted by molar-refractivity contribution is 0.0896. The SMILES string of the molecule is CCCCN(CC(=O)c1ccco1)C1CC1. The minimum absolute atomic E-state index is 0.105. The van der Waals surface area contributed by atoms with E-state index in [1.165, 1.54) is 25.7 Å². The molecule has 0 aliphatic heterocycles. The van der Waals surface area contributed by atoms with E-state index in [2.05, 4.69) is 11.8 Å². The van der Waals surface area contributed by atoms with Gasteiger partial charge in [0.1, 0.15) is 0 Å². The minimum atomic E-state index is 0.105. The van der Waals surface area contributed by atoms with Crippen molar-refractivity contribution in [2.45, 2.75) is 38.6 Å². The van der Waals surface area contributed by atoms with Crippen LogP contribution in [0.15, 0.2) is 22.8 Å². The Balaban J connectivity index is 1.87. The highest BCUT2D eigenvalue weighted by Crippen LogP contribution is 2.27. The molecule has 1 heterocycles. The molecule has 0 N–H and O–H groups in total. The zero-order valence-electron chi connectivity index (χ0n) is 9.82. The Hall–Kier alpha value is -1.09. The molecular formula is C13H19NO2. The number of furan rings is 1. The Morgan fingerprint density at radius 1 is 1.56 bits per heavy atom. The van der Waals surface area contributed by atoms with Crippen LogP contribution < -0.4 is 0 Å². The van der Waals surface area contributed by atoms with Crippen LogP contribution in [-0.4, -0.2) is 29.8 Å². The third kappa shape index (κ3) is 2.95. The van der Waals surface area contributed by atoms with Crippen molar-refractivity contribution in [3.63, 3.8) is 0 Å². The van der Waals surface area contributed by atoms with Crippen LogP contribution in [0.25, 0.3) is 0 Å². The average molecular weight is 221 g/mol. The van der Waals surface area contributed by atoms with Gasteiger partial charge in [-0.25, -0.2) is 0 Å². The molecule has 2 rings (SSSR count). The van der Waals surface area contributed by atoms with E-state index in [-0.39, 0.29) is 5.78 Å². The van der Waals surface area contributed by atoms with Crippen molar-refractivity contribution in [1.29, 1.82) is 0 Å². The molecule has 3 heteroatoms.